The number of hydrogen-bond donors (Lipinski definition) is 0. The van der Waals surface area contributed by atoms with Gasteiger partial charge in [0.1, 0.15) is 5.75 Å². The summed E-state index contributed by atoms with van der Waals surface area (Å²) in [6.45, 7) is 7.95. The van der Waals surface area contributed by atoms with E-state index in [1.165, 1.54) is 0 Å². The zero-order chi connectivity index (χ0) is 12.3. The van der Waals surface area contributed by atoms with Crippen molar-refractivity contribution in [3.8, 4) is 5.75 Å². The maximum absolute atomic E-state index is 12.0. The van der Waals surface area contributed by atoms with Crippen molar-refractivity contribution in [2.45, 2.75) is 34.1 Å². The molecule has 0 aliphatic heterocycles. The van der Waals surface area contributed by atoms with Crippen LogP contribution in [-0.2, 0) is 0 Å². The minimum Gasteiger partial charge on any atom is -0.496 e. The predicted molar refractivity (Wildman–Crippen MR) is 66.3 cm³/mol. The Kier molecular flexibility index (Phi) is 4.11. The Morgan fingerprint density at radius 3 is 2.19 bits per heavy atom. The number of aryl methyl sites for hydroxylation is 2. The van der Waals surface area contributed by atoms with Gasteiger partial charge < -0.3 is 4.74 Å². The molecule has 0 heterocycles. The quantitative estimate of drug-likeness (QED) is 0.725. The first-order chi connectivity index (χ1) is 7.51. The second-order valence-corrected chi connectivity index (χ2v) is 4.32. The summed E-state index contributed by atoms with van der Waals surface area (Å²) in [6, 6.07) is 3.83. The zero-order valence-corrected chi connectivity index (χ0v) is 10.8. The molecule has 0 aliphatic rings. The average molecular weight is 220 g/mol. The number of ether oxygens (including phenoxy) is 1. The van der Waals surface area contributed by atoms with Gasteiger partial charge in [0.05, 0.1) is 7.11 Å². The molecule has 16 heavy (non-hydrogen) atoms. The van der Waals surface area contributed by atoms with Crippen molar-refractivity contribution in [3.63, 3.8) is 0 Å². The minimum absolute atomic E-state index is 0.0900. The van der Waals surface area contributed by atoms with Crippen LogP contribution in [0.5, 0.6) is 5.75 Å². The van der Waals surface area contributed by atoms with E-state index in [1.54, 1.807) is 7.11 Å². The summed E-state index contributed by atoms with van der Waals surface area (Å²) in [6.07, 6.45) is 0.878. The van der Waals surface area contributed by atoms with Crippen LogP contribution in [0.3, 0.4) is 0 Å². The lowest BCUT2D eigenvalue weighted by molar-refractivity contribution is 0.0927. The van der Waals surface area contributed by atoms with Crippen LogP contribution in [0.2, 0.25) is 0 Å². The van der Waals surface area contributed by atoms with Gasteiger partial charge in [0.25, 0.3) is 0 Å². The summed E-state index contributed by atoms with van der Waals surface area (Å²) >= 11 is 0. The van der Waals surface area contributed by atoms with E-state index >= 15 is 0 Å². The fourth-order valence-electron chi connectivity index (χ4n) is 1.88. The molecule has 1 unspecified atom stereocenters. The number of carbonyl (C=O) groups is 1. The van der Waals surface area contributed by atoms with E-state index in [2.05, 4.69) is 0 Å². The third kappa shape index (κ3) is 2.43. The molecule has 0 fully saturated rings. The predicted octanol–water partition coefficient (Wildman–Crippen LogP) is 3.54. The average Bonchev–Trinajstić information content (AvgIpc) is 2.26. The highest BCUT2D eigenvalue weighted by Gasteiger charge is 2.15. The van der Waals surface area contributed by atoms with Gasteiger partial charge in [-0.25, -0.2) is 0 Å². The molecule has 0 bridgehead atoms. The van der Waals surface area contributed by atoms with Gasteiger partial charge in [-0.3, -0.25) is 4.79 Å². The molecule has 0 saturated carbocycles. The summed E-state index contributed by atoms with van der Waals surface area (Å²) in [5.74, 6) is 1.18. The van der Waals surface area contributed by atoms with E-state index in [4.69, 9.17) is 4.74 Å². The number of methoxy groups -OCH3 is 1. The maximum Gasteiger partial charge on any atom is 0.165 e. The van der Waals surface area contributed by atoms with Crippen LogP contribution in [0, 0.1) is 19.8 Å². The minimum atomic E-state index is 0.0900. The smallest absolute Gasteiger partial charge is 0.165 e. The van der Waals surface area contributed by atoms with E-state index in [1.807, 2.05) is 39.8 Å². The number of hydrogen-bond acceptors (Lipinski definition) is 2. The molecule has 0 N–H and O–H groups in total. The molecule has 88 valence electrons. The summed E-state index contributed by atoms with van der Waals surface area (Å²) in [5.41, 5.74) is 2.84. The summed E-state index contributed by atoms with van der Waals surface area (Å²) < 4.78 is 5.29. The molecule has 0 radical (unpaired) electrons. The molecule has 0 saturated heterocycles. The largest absolute Gasteiger partial charge is 0.496 e. The Labute approximate surface area is 97.6 Å². The van der Waals surface area contributed by atoms with Gasteiger partial charge in [0.15, 0.2) is 5.78 Å². The Morgan fingerprint density at radius 2 is 1.81 bits per heavy atom. The van der Waals surface area contributed by atoms with Gasteiger partial charge in [-0.05, 0) is 43.5 Å². The highest BCUT2D eigenvalue weighted by Crippen LogP contribution is 2.25. The lowest BCUT2D eigenvalue weighted by atomic mass is 9.94. The molecule has 2 heteroatoms. The topological polar surface area (TPSA) is 26.3 Å². The number of carbonyl (C=O) groups excluding carboxylic acids is 1. The molecule has 0 aromatic heterocycles. The zero-order valence-electron chi connectivity index (χ0n) is 10.8. The fraction of sp³-hybridized carbons (Fsp3) is 0.500. The van der Waals surface area contributed by atoms with Crippen LogP contribution >= 0.6 is 0 Å². The lowest BCUT2D eigenvalue weighted by Gasteiger charge is -2.13. The standard InChI is InChI=1S/C14H20O2/c1-6-9(2)13(15)12-7-10(3)14(16-5)11(4)8-12/h7-9H,6H2,1-5H3. The van der Waals surface area contributed by atoms with Crippen molar-refractivity contribution >= 4 is 5.78 Å². The van der Waals surface area contributed by atoms with Gasteiger partial charge in [0, 0.05) is 11.5 Å². The molecule has 0 spiro atoms. The Bertz CT molecular complexity index is 371. The van der Waals surface area contributed by atoms with Gasteiger partial charge >= 0.3 is 0 Å². The highest BCUT2D eigenvalue weighted by molar-refractivity contribution is 5.98. The number of Topliss-reactive ketones (excluding diaryl/α,β-unsaturated/α-hetero) is 1. The Balaban J connectivity index is 3.13. The second kappa shape index (κ2) is 5.15. The molecular formula is C14H20O2. The SMILES string of the molecule is CCC(C)C(=O)c1cc(C)c(OC)c(C)c1. The molecule has 2 nitrogen and oxygen atoms in total. The van der Waals surface area contributed by atoms with Crippen LogP contribution in [0.1, 0.15) is 41.8 Å². The van der Waals surface area contributed by atoms with Crippen LogP contribution in [0.15, 0.2) is 12.1 Å². The second-order valence-electron chi connectivity index (χ2n) is 4.32. The van der Waals surface area contributed by atoms with Gasteiger partial charge in [-0.1, -0.05) is 13.8 Å². The van der Waals surface area contributed by atoms with Gasteiger partial charge in [-0.15, -0.1) is 0 Å². The normalized spacial score (nSPS) is 12.3. The van der Waals surface area contributed by atoms with E-state index in [0.717, 1.165) is 28.9 Å². The van der Waals surface area contributed by atoms with Crippen molar-refractivity contribution in [3.05, 3.63) is 28.8 Å². The molecular weight excluding hydrogens is 200 g/mol. The molecule has 1 atom stereocenters. The first-order valence-corrected chi connectivity index (χ1v) is 5.70. The summed E-state index contributed by atoms with van der Waals surface area (Å²) in [4.78, 5) is 12.0. The molecule has 0 amide bonds. The van der Waals surface area contributed by atoms with Gasteiger partial charge in [0.2, 0.25) is 0 Å². The van der Waals surface area contributed by atoms with Gasteiger partial charge in [-0.2, -0.15) is 0 Å². The van der Waals surface area contributed by atoms with E-state index in [9.17, 15) is 4.79 Å². The monoisotopic (exact) mass is 220 g/mol. The first-order valence-electron chi connectivity index (χ1n) is 5.70. The molecule has 0 aliphatic carbocycles. The number of rotatable bonds is 4. The van der Waals surface area contributed by atoms with E-state index < -0.39 is 0 Å². The first kappa shape index (κ1) is 12.8. The van der Waals surface area contributed by atoms with Crippen molar-refractivity contribution in [2.75, 3.05) is 7.11 Å². The van der Waals surface area contributed by atoms with E-state index in [-0.39, 0.29) is 11.7 Å². The lowest BCUT2D eigenvalue weighted by Crippen LogP contribution is -2.11. The summed E-state index contributed by atoms with van der Waals surface area (Å²) in [5, 5.41) is 0. The third-order valence-electron chi connectivity index (χ3n) is 3.01. The number of benzene rings is 1. The van der Waals surface area contributed by atoms with Crippen LogP contribution < -0.4 is 4.74 Å². The summed E-state index contributed by atoms with van der Waals surface area (Å²) in [7, 11) is 1.66. The maximum atomic E-state index is 12.0. The highest BCUT2D eigenvalue weighted by atomic mass is 16.5. The van der Waals surface area contributed by atoms with Crippen molar-refractivity contribution in [1.29, 1.82) is 0 Å². The van der Waals surface area contributed by atoms with Crippen molar-refractivity contribution < 1.29 is 9.53 Å². The number of ketones is 1. The third-order valence-corrected chi connectivity index (χ3v) is 3.01. The van der Waals surface area contributed by atoms with Crippen molar-refractivity contribution in [2.24, 2.45) is 5.92 Å². The van der Waals surface area contributed by atoms with Crippen molar-refractivity contribution in [1.82, 2.24) is 0 Å². The molecule has 1 aromatic rings. The van der Waals surface area contributed by atoms with Crippen LogP contribution in [-0.4, -0.2) is 12.9 Å². The Hall–Kier alpha value is -1.31. The van der Waals surface area contributed by atoms with Crippen LogP contribution in [0.4, 0.5) is 0 Å². The van der Waals surface area contributed by atoms with E-state index in [0.29, 0.717) is 0 Å². The van der Waals surface area contributed by atoms with Crippen LogP contribution in [0.25, 0.3) is 0 Å². The molecule has 1 aromatic carbocycles. The fourth-order valence-corrected chi connectivity index (χ4v) is 1.88. The molecule has 1 rings (SSSR count). The Morgan fingerprint density at radius 1 is 1.31 bits per heavy atom.